The Hall–Kier alpha value is -4.85. The van der Waals surface area contributed by atoms with Gasteiger partial charge in [-0.3, -0.25) is 9.59 Å². The molecule has 0 radical (unpaired) electrons. The summed E-state index contributed by atoms with van der Waals surface area (Å²) in [5.74, 6) is -5.90. The van der Waals surface area contributed by atoms with E-state index < -0.39 is 141 Å². The Morgan fingerprint density at radius 1 is 0.750 bits per heavy atom. The number of hydrogen-bond acceptors (Lipinski definition) is 22. The van der Waals surface area contributed by atoms with Gasteiger partial charge in [-0.1, -0.05) is 18.2 Å². The largest absolute Gasteiger partial charge is 0.497 e. The number of rotatable bonds is 17. The predicted octanol–water partition coefficient (Wildman–Crippen LogP) is -2.02. The molecule has 0 aromatic heterocycles. The van der Waals surface area contributed by atoms with E-state index in [4.69, 9.17) is 47.4 Å². The molecule has 64 heavy (non-hydrogen) atoms. The molecule has 4 heterocycles. The van der Waals surface area contributed by atoms with Crippen LogP contribution in [0.25, 0.3) is 0 Å². The summed E-state index contributed by atoms with van der Waals surface area (Å²) in [6, 6.07) is 6.23. The van der Waals surface area contributed by atoms with Gasteiger partial charge in [0.25, 0.3) is 0 Å². The summed E-state index contributed by atoms with van der Waals surface area (Å²) >= 11 is 0. The average Bonchev–Trinajstić information content (AvgIpc) is 3.29. The molecule has 0 amide bonds. The third-order valence-corrected chi connectivity index (χ3v) is 11.3. The quantitative estimate of drug-likeness (QED) is 0.0292. The highest BCUT2D eigenvalue weighted by Gasteiger charge is 2.48. The zero-order valence-corrected chi connectivity index (χ0v) is 35.3. The summed E-state index contributed by atoms with van der Waals surface area (Å²) < 4.78 is 54.0. The molecule has 22 nitrogen and oxygen atoms in total. The molecule has 2 fully saturated rings. The van der Waals surface area contributed by atoms with Crippen molar-refractivity contribution in [1.82, 2.24) is 0 Å². The molecule has 7 N–H and O–H groups in total. The zero-order valence-electron chi connectivity index (χ0n) is 35.3. The number of carbonyl (C=O) groups is 5. The Labute approximate surface area is 366 Å². The molecule has 1 aromatic carbocycles. The van der Waals surface area contributed by atoms with Gasteiger partial charge in [0.1, 0.15) is 73.6 Å². The lowest BCUT2D eigenvalue weighted by Gasteiger charge is -2.41. The maximum Gasteiger partial charge on any atom is 0.337 e. The van der Waals surface area contributed by atoms with E-state index in [1.165, 1.54) is 18.2 Å². The van der Waals surface area contributed by atoms with Crippen molar-refractivity contribution < 1.29 is 107 Å². The SMILES string of the molecule is C/C=C1/[C@@H](O[C@@H]2O[C@H](CO)[C@@H](O)[C@H](O)[C@H]2O)OC=C(C(=O)OC)[C@H]1CC(=O)Oc1ccc(CCO[C@@H]2O[C@H](COC(=O)C[C@@H]3C(C(=O)OC)=CO[C@H](C)[C@H]3C=O)[C@@H](O)[C@H](O)[C@H]2O)cc1. The lowest BCUT2D eigenvalue weighted by atomic mass is 9.80. The van der Waals surface area contributed by atoms with Crippen LogP contribution in [0, 0.1) is 17.8 Å². The van der Waals surface area contributed by atoms with Crippen LogP contribution in [-0.4, -0.2) is 174 Å². The van der Waals surface area contributed by atoms with Crippen molar-refractivity contribution in [3.8, 4) is 5.75 Å². The number of allylic oxidation sites excluding steroid dienone is 1. The summed E-state index contributed by atoms with van der Waals surface area (Å²) in [4.78, 5) is 63.0. The molecule has 0 aliphatic carbocycles. The summed E-state index contributed by atoms with van der Waals surface area (Å²) in [6.07, 6.45) is -14.2. The molecular weight excluding hydrogens is 856 g/mol. The van der Waals surface area contributed by atoms with Crippen molar-refractivity contribution in [2.45, 2.75) is 107 Å². The molecule has 2 saturated heterocycles. The maximum atomic E-state index is 13.3. The first-order chi connectivity index (χ1) is 30.6. The van der Waals surface area contributed by atoms with Crippen molar-refractivity contribution in [3.63, 3.8) is 0 Å². The lowest BCUT2D eigenvalue weighted by molar-refractivity contribution is -0.327. The van der Waals surface area contributed by atoms with Crippen molar-refractivity contribution >= 4 is 30.2 Å². The molecule has 15 atom stereocenters. The Morgan fingerprint density at radius 2 is 1.36 bits per heavy atom. The normalized spacial score (nSPS) is 34.5. The predicted molar refractivity (Wildman–Crippen MR) is 209 cm³/mol. The van der Waals surface area contributed by atoms with Gasteiger partial charge in [-0.15, -0.1) is 0 Å². The number of ether oxygens (including phenoxy) is 10. The summed E-state index contributed by atoms with van der Waals surface area (Å²) in [5, 5.41) is 72.0. The van der Waals surface area contributed by atoms with Gasteiger partial charge in [0.2, 0.25) is 6.29 Å². The van der Waals surface area contributed by atoms with Crippen LogP contribution < -0.4 is 4.74 Å². The van der Waals surface area contributed by atoms with E-state index in [1.807, 2.05) is 0 Å². The van der Waals surface area contributed by atoms with E-state index in [1.54, 1.807) is 26.0 Å². The van der Waals surface area contributed by atoms with Crippen molar-refractivity contribution in [3.05, 3.63) is 65.1 Å². The third kappa shape index (κ3) is 11.7. The van der Waals surface area contributed by atoms with E-state index in [9.17, 15) is 59.7 Å². The summed E-state index contributed by atoms with van der Waals surface area (Å²) in [7, 11) is 2.27. The van der Waals surface area contributed by atoms with E-state index in [2.05, 4.69) is 0 Å². The van der Waals surface area contributed by atoms with Gasteiger partial charge in [0.05, 0.1) is 69.9 Å². The van der Waals surface area contributed by atoms with Crippen LogP contribution >= 0.6 is 0 Å². The van der Waals surface area contributed by atoms with Crippen LogP contribution in [0.2, 0.25) is 0 Å². The molecule has 0 saturated carbocycles. The third-order valence-electron chi connectivity index (χ3n) is 11.3. The number of esters is 4. The highest BCUT2D eigenvalue weighted by molar-refractivity contribution is 5.91. The molecule has 5 rings (SSSR count). The molecule has 22 heteroatoms. The molecule has 354 valence electrons. The fourth-order valence-electron chi connectivity index (χ4n) is 7.55. The van der Waals surface area contributed by atoms with Crippen molar-refractivity contribution in [1.29, 1.82) is 0 Å². The molecule has 4 aliphatic heterocycles. The number of hydrogen-bond donors (Lipinski definition) is 7. The number of aldehydes is 1. The van der Waals surface area contributed by atoms with Gasteiger partial charge in [0, 0.05) is 17.4 Å². The number of benzene rings is 1. The van der Waals surface area contributed by atoms with Gasteiger partial charge in [0.15, 0.2) is 12.6 Å². The van der Waals surface area contributed by atoms with Gasteiger partial charge in [-0.25, -0.2) is 9.59 Å². The van der Waals surface area contributed by atoms with Gasteiger partial charge >= 0.3 is 23.9 Å². The van der Waals surface area contributed by atoms with Crippen molar-refractivity contribution in [2.24, 2.45) is 17.8 Å². The number of aliphatic hydroxyl groups excluding tert-OH is 7. The Kier molecular flexibility index (Phi) is 17.9. The summed E-state index contributed by atoms with van der Waals surface area (Å²) in [6.45, 7) is 1.83. The second-order valence-corrected chi connectivity index (χ2v) is 15.3. The zero-order chi connectivity index (χ0) is 46.8. The monoisotopic (exact) mass is 910 g/mol. The smallest absolute Gasteiger partial charge is 0.337 e. The minimum Gasteiger partial charge on any atom is -0.497 e. The second-order valence-electron chi connectivity index (χ2n) is 15.3. The molecule has 0 bridgehead atoms. The Bertz CT molecular complexity index is 1880. The van der Waals surface area contributed by atoms with Gasteiger partial charge in [-0.2, -0.15) is 0 Å². The first-order valence-electron chi connectivity index (χ1n) is 20.3. The topological polar surface area (TPSA) is 319 Å². The van der Waals surface area contributed by atoms with Crippen LogP contribution in [0.1, 0.15) is 32.3 Å². The molecule has 0 unspecified atom stereocenters. The average molecular weight is 911 g/mol. The summed E-state index contributed by atoms with van der Waals surface area (Å²) in [5.41, 5.74) is 0.822. The van der Waals surface area contributed by atoms with Crippen LogP contribution in [0.5, 0.6) is 5.75 Å². The molecule has 0 spiro atoms. The standard InChI is InChI=1S/C42H54O22/c1-5-22-23(27(39(54)56-4)17-60-40(22)64-42-37(52)34(49)32(47)28(15-44)62-42)13-31(46)61-21-8-6-20(7-9-21)10-11-57-41-36(51)35(50)33(48)29(63-41)18-59-30(45)12-24-25(14-43)19(2)58-16-26(24)38(53)55-3/h5-9,14,16-17,19,23-25,28-29,32-37,40-42,44,47-52H,10-13,15,18H2,1-4H3/b22-5+/t19-,23+,24+,25-,28-,29-,32-,33-,34+,35+,36-,37-,40-,41-,42+/m1/s1. The first-order valence-corrected chi connectivity index (χ1v) is 20.3. The fraction of sp³-hybridized carbons (Fsp3) is 0.595. The minimum atomic E-state index is -1.75. The highest BCUT2D eigenvalue weighted by atomic mass is 16.8. The lowest BCUT2D eigenvalue weighted by Crippen LogP contribution is -2.60. The first kappa shape index (κ1) is 50.2. The molecule has 4 aliphatic rings. The molecular formula is C42H54O22. The Balaban J connectivity index is 1.13. The van der Waals surface area contributed by atoms with E-state index in [0.717, 1.165) is 26.7 Å². The minimum absolute atomic E-state index is 0.0329. The van der Waals surface area contributed by atoms with Gasteiger partial charge < -0.3 is 87.9 Å². The van der Waals surface area contributed by atoms with Crippen LogP contribution in [0.4, 0.5) is 0 Å². The van der Waals surface area contributed by atoms with Gasteiger partial charge in [-0.05, 0) is 38.0 Å². The van der Waals surface area contributed by atoms with Crippen LogP contribution in [0.15, 0.2) is 59.6 Å². The van der Waals surface area contributed by atoms with Crippen LogP contribution in [-0.2, 0) is 73.0 Å². The molecule has 1 aromatic rings. The van der Waals surface area contributed by atoms with E-state index in [0.29, 0.717) is 11.8 Å². The number of methoxy groups -OCH3 is 2. The van der Waals surface area contributed by atoms with E-state index in [-0.39, 0.29) is 35.5 Å². The Morgan fingerprint density at radius 3 is 1.98 bits per heavy atom. The van der Waals surface area contributed by atoms with E-state index >= 15 is 0 Å². The second kappa shape index (κ2) is 22.9. The highest BCUT2D eigenvalue weighted by Crippen LogP contribution is 2.37. The van der Waals surface area contributed by atoms with Crippen molar-refractivity contribution in [2.75, 3.05) is 34.0 Å². The fourth-order valence-corrected chi connectivity index (χ4v) is 7.55. The van der Waals surface area contributed by atoms with Crippen LogP contribution in [0.3, 0.4) is 0 Å². The maximum absolute atomic E-state index is 13.3. The number of aliphatic hydroxyl groups is 7. The number of carbonyl (C=O) groups excluding carboxylic acids is 5.